The number of carbonyl (C=O) groups excluding carboxylic acids is 2. The lowest BCUT2D eigenvalue weighted by Gasteiger charge is -2.67. The molecule has 3 aromatic heterocycles. The molecule has 3 aliphatic rings. The van der Waals surface area contributed by atoms with Crippen LogP contribution in [-0.4, -0.2) is 54.9 Å². The summed E-state index contributed by atoms with van der Waals surface area (Å²) in [4.78, 5) is 46.8. The molecule has 12 heteroatoms. The third kappa shape index (κ3) is 4.98. The molecule has 0 amide bonds. The average Bonchev–Trinajstić information content (AvgIpc) is 3.52. The molecule has 11 nitrogen and oxygen atoms in total. The Labute approximate surface area is 265 Å². The lowest BCUT2D eigenvalue weighted by Crippen LogP contribution is -2.70. The highest BCUT2D eigenvalue weighted by atomic mass is 32.1. The van der Waals surface area contributed by atoms with Gasteiger partial charge in [0.2, 0.25) is 0 Å². The van der Waals surface area contributed by atoms with E-state index in [1.807, 2.05) is 13.8 Å². The molecule has 6 rings (SSSR count). The summed E-state index contributed by atoms with van der Waals surface area (Å²) in [6.45, 7) is 8.69. The highest BCUT2D eigenvalue weighted by Crippen LogP contribution is 2.68. The Bertz CT molecular complexity index is 1690. The molecule has 4 heterocycles. The molecule has 0 radical (unpaired) electrons. The zero-order valence-corrected chi connectivity index (χ0v) is 26.7. The molecule has 1 aliphatic heterocycles. The minimum atomic E-state index is -1.28. The second kappa shape index (κ2) is 11.2. The number of esters is 2. The number of aromatic nitrogens is 3. The molecule has 2 saturated carbocycles. The van der Waals surface area contributed by atoms with Gasteiger partial charge in [-0.25, -0.2) is 9.78 Å². The van der Waals surface area contributed by atoms with Crippen LogP contribution in [0.4, 0.5) is 0 Å². The summed E-state index contributed by atoms with van der Waals surface area (Å²) in [5.41, 5.74) is -2.67. The van der Waals surface area contributed by atoms with Crippen molar-refractivity contribution in [3.05, 3.63) is 65.3 Å². The fourth-order valence-corrected chi connectivity index (χ4v) is 9.07. The molecule has 0 bridgehead atoms. The van der Waals surface area contributed by atoms with E-state index in [9.17, 15) is 19.5 Å². The van der Waals surface area contributed by atoms with Crippen LogP contribution >= 0.6 is 12.2 Å². The van der Waals surface area contributed by atoms with Crippen molar-refractivity contribution in [1.82, 2.24) is 14.5 Å². The molecule has 2 aliphatic carbocycles. The smallest absolute Gasteiger partial charge is 0.345 e. The van der Waals surface area contributed by atoms with E-state index in [1.165, 1.54) is 13.8 Å². The number of ether oxygens (including phenoxy) is 3. The van der Waals surface area contributed by atoms with Gasteiger partial charge in [-0.05, 0) is 49.7 Å². The van der Waals surface area contributed by atoms with Crippen LogP contribution in [0.15, 0.2) is 58.5 Å². The van der Waals surface area contributed by atoms with Crippen LogP contribution in [0.3, 0.4) is 0 Å². The first-order valence-electron chi connectivity index (χ1n) is 15.1. The summed E-state index contributed by atoms with van der Waals surface area (Å²) < 4.78 is 25.9. The number of pyridine rings is 1. The molecule has 3 aromatic rings. The fraction of sp³-hybridized carbons (Fsp3) is 0.515. The third-order valence-electron chi connectivity index (χ3n) is 10.6. The van der Waals surface area contributed by atoms with Crippen molar-refractivity contribution in [3.8, 4) is 17.1 Å². The van der Waals surface area contributed by atoms with Crippen molar-refractivity contribution in [3.63, 3.8) is 0 Å². The van der Waals surface area contributed by atoms with Gasteiger partial charge in [0, 0.05) is 61.6 Å². The van der Waals surface area contributed by atoms with Crippen molar-refractivity contribution in [1.29, 1.82) is 0 Å². The molecule has 238 valence electrons. The minimum absolute atomic E-state index is 0.00131. The number of nitrogens with zero attached hydrogens (tertiary/aromatic N) is 3. The van der Waals surface area contributed by atoms with E-state index in [1.54, 1.807) is 53.9 Å². The molecule has 0 spiro atoms. The molecule has 1 N–H and O–H groups in total. The van der Waals surface area contributed by atoms with Gasteiger partial charge >= 0.3 is 17.6 Å². The number of fused-ring (bicyclic) bond motifs is 4. The van der Waals surface area contributed by atoms with E-state index in [2.05, 4.69) is 16.9 Å². The van der Waals surface area contributed by atoms with Crippen molar-refractivity contribution in [2.75, 3.05) is 6.61 Å². The topological polar surface area (TPSA) is 143 Å². The van der Waals surface area contributed by atoms with Crippen LogP contribution < -0.4 is 10.4 Å². The monoisotopic (exact) mass is 635 g/mol. The zero-order chi connectivity index (χ0) is 32.3. The summed E-state index contributed by atoms with van der Waals surface area (Å²) in [5, 5.41) is 12.3. The Kier molecular flexibility index (Phi) is 7.72. The van der Waals surface area contributed by atoms with Gasteiger partial charge in [-0.1, -0.05) is 26.1 Å². The number of rotatable bonds is 5. The number of thiocarbonyl (C=S) groups is 1. The summed E-state index contributed by atoms with van der Waals surface area (Å²) in [6, 6.07) is 5.14. The molecule has 2 fully saturated rings. The van der Waals surface area contributed by atoms with Crippen LogP contribution in [0.2, 0.25) is 0 Å². The first-order valence-corrected chi connectivity index (χ1v) is 15.5. The molecule has 45 heavy (non-hydrogen) atoms. The Hall–Kier alpha value is -3.90. The van der Waals surface area contributed by atoms with Crippen molar-refractivity contribution in [2.45, 2.75) is 71.7 Å². The number of aliphatic hydroxyl groups is 1. The second-order valence-corrected chi connectivity index (χ2v) is 13.6. The summed E-state index contributed by atoms with van der Waals surface area (Å²) in [6.07, 6.45) is 7.87. The summed E-state index contributed by atoms with van der Waals surface area (Å²) in [7, 11) is 0. The number of aliphatic hydroxyl groups excluding tert-OH is 1. The molecule has 0 aromatic carbocycles. The van der Waals surface area contributed by atoms with Crippen LogP contribution in [-0.2, 0) is 19.1 Å². The highest BCUT2D eigenvalue weighted by Gasteiger charge is 2.70. The molecule has 0 saturated heterocycles. The van der Waals surface area contributed by atoms with Crippen molar-refractivity contribution >= 4 is 29.1 Å². The number of hydrogen-bond donors (Lipinski definition) is 1. The Morgan fingerprint density at radius 1 is 1.18 bits per heavy atom. The van der Waals surface area contributed by atoms with Crippen LogP contribution in [0, 0.1) is 28.6 Å². The van der Waals surface area contributed by atoms with Gasteiger partial charge in [0.25, 0.3) is 0 Å². The van der Waals surface area contributed by atoms with Gasteiger partial charge < -0.3 is 23.7 Å². The Morgan fingerprint density at radius 3 is 2.60 bits per heavy atom. The summed E-state index contributed by atoms with van der Waals surface area (Å²) in [5.74, 6) is -1.79. The molecular weight excluding hydrogens is 598 g/mol. The second-order valence-electron chi connectivity index (χ2n) is 13.2. The zero-order valence-electron chi connectivity index (χ0n) is 25.9. The van der Waals surface area contributed by atoms with Gasteiger partial charge in [-0.2, -0.15) is 0 Å². The molecule has 8 atom stereocenters. The maximum Gasteiger partial charge on any atom is 0.345 e. The third-order valence-corrected chi connectivity index (χ3v) is 11.0. The highest BCUT2D eigenvalue weighted by molar-refractivity contribution is 7.80. The van der Waals surface area contributed by atoms with E-state index < -0.39 is 58.0 Å². The van der Waals surface area contributed by atoms with Crippen molar-refractivity contribution in [2.24, 2.45) is 28.6 Å². The number of hydrogen-bond acceptors (Lipinski definition) is 11. The van der Waals surface area contributed by atoms with E-state index in [-0.39, 0.29) is 29.6 Å². The lowest BCUT2D eigenvalue weighted by molar-refractivity contribution is -0.247. The maximum atomic E-state index is 13.6. The molecular formula is C33H37N3O8S. The van der Waals surface area contributed by atoms with Crippen LogP contribution in [0.5, 0.6) is 5.75 Å². The van der Waals surface area contributed by atoms with E-state index in [0.29, 0.717) is 29.8 Å². The first kappa shape index (κ1) is 31.1. The van der Waals surface area contributed by atoms with Crippen LogP contribution in [0.25, 0.3) is 11.3 Å². The quantitative estimate of drug-likeness (QED) is 0.312. The predicted octanol–water partition coefficient (Wildman–Crippen LogP) is 4.51. The van der Waals surface area contributed by atoms with Crippen LogP contribution in [0.1, 0.15) is 65.5 Å². The average molecular weight is 636 g/mol. The lowest BCUT2D eigenvalue weighted by atomic mass is 9.41. The minimum Gasteiger partial charge on any atom is -0.486 e. The largest absolute Gasteiger partial charge is 0.486 e. The summed E-state index contributed by atoms with van der Waals surface area (Å²) >= 11 is 6.11. The van der Waals surface area contributed by atoms with Gasteiger partial charge in [0.05, 0.1) is 23.3 Å². The predicted molar refractivity (Wildman–Crippen MR) is 165 cm³/mol. The van der Waals surface area contributed by atoms with Crippen molar-refractivity contribution < 1.29 is 33.3 Å². The van der Waals surface area contributed by atoms with E-state index >= 15 is 0 Å². The fourth-order valence-electron chi connectivity index (χ4n) is 8.63. The number of imidazole rings is 1. The normalized spacial score (nSPS) is 33.5. The van der Waals surface area contributed by atoms with E-state index in [4.69, 9.17) is 30.8 Å². The van der Waals surface area contributed by atoms with Gasteiger partial charge in [-0.3, -0.25) is 19.1 Å². The Morgan fingerprint density at radius 2 is 1.96 bits per heavy atom. The first-order chi connectivity index (χ1) is 21.3. The van der Waals surface area contributed by atoms with E-state index in [0.717, 1.165) is 0 Å². The van der Waals surface area contributed by atoms with Gasteiger partial charge in [0.1, 0.15) is 35.4 Å². The van der Waals surface area contributed by atoms with Gasteiger partial charge in [-0.15, -0.1) is 0 Å². The van der Waals surface area contributed by atoms with Gasteiger partial charge in [0.15, 0.2) is 0 Å². The standard InChI is InChI=1S/C33H37N3O8S/c1-18(37)41-16-32(4)24-13-21(29(45)36-12-11-35-17-36)33(5)28(31(24,3)9-8-25(32)42-19(2)38)27(39)26-23(44-33)14-22(43-30(26)40)20-7-6-10-34-15-20/h6-7,10-12,14-15,17,21,24-25,27-28,39H,8-9,13,16H2,1-5H3/t21-,24-,25+,27+,28-,31+,32+,33-/m1/s1. The number of carbonyl (C=O) groups is 2. The maximum absolute atomic E-state index is 13.6. The molecule has 0 unspecified atom stereocenters. The SMILES string of the molecule is CC(=O)OC[C@@]1(C)[C@@H]2C[C@H](C(=S)n3ccnc3)[C@@]3(C)Oc4cc(-c5cccnc5)oc(=O)c4[C@H](O)[C@@H]3[C@@]2(C)CC[C@@H]1OC(C)=O. The Balaban J connectivity index is 1.54.